The zero-order chi connectivity index (χ0) is 7.61. The zero-order valence-electron chi connectivity index (χ0n) is 6.56. The fraction of sp³-hybridized carbons (Fsp3) is 1.00. The summed E-state index contributed by atoms with van der Waals surface area (Å²) < 4.78 is 0. The minimum atomic E-state index is -0.241. The van der Waals surface area contributed by atoms with Crippen molar-refractivity contribution >= 4 is 14.7 Å². The molecule has 0 bridgehead atoms. The van der Waals surface area contributed by atoms with Crippen molar-refractivity contribution in [3.8, 4) is 0 Å². The van der Waals surface area contributed by atoms with Gasteiger partial charge in [-0.3, -0.25) is 0 Å². The minimum absolute atomic E-state index is 0.241. The summed E-state index contributed by atoms with van der Waals surface area (Å²) >= 11 is 0. The number of hydrogen-bond acceptors (Lipinski definition) is 0. The number of hydrogen-bond donors (Lipinski definition) is 0. The molecule has 0 spiro atoms. The average molecular weight is 158 g/mol. The van der Waals surface area contributed by atoms with E-state index in [1.807, 2.05) is 0 Å². The van der Waals surface area contributed by atoms with Crippen LogP contribution >= 0.6 is 7.14 Å². The van der Waals surface area contributed by atoms with Crippen LogP contribution < -0.4 is 0 Å². The number of rotatable bonds is 1. The van der Waals surface area contributed by atoms with E-state index in [0.29, 0.717) is 7.57 Å². The molecule has 0 heterocycles. The minimum Gasteiger partial charge on any atom is -0.161 e. The van der Waals surface area contributed by atoms with Crippen molar-refractivity contribution in [2.45, 2.75) is 37.8 Å². The summed E-state index contributed by atoms with van der Waals surface area (Å²) in [5, 5.41) is 0. The fourth-order valence-electron chi connectivity index (χ4n) is 1.60. The SMILES string of the molecule is [BH3-][P+](C)(C)C1CCCCC1. The molecule has 0 radical (unpaired) electrons. The Labute approximate surface area is 66.5 Å². The highest BCUT2D eigenvalue weighted by Gasteiger charge is 2.26. The second-order valence-corrected chi connectivity index (χ2v) is 5.91. The molecule has 10 heavy (non-hydrogen) atoms. The summed E-state index contributed by atoms with van der Waals surface area (Å²) in [5.41, 5.74) is 1.22. The maximum atomic E-state index is 2.60. The van der Waals surface area contributed by atoms with Crippen LogP contribution in [0.2, 0.25) is 0 Å². The molecular weight excluding hydrogens is 138 g/mol. The van der Waals surface area contributed by atoms with E-state index in [-0.39, 0.29) is 7.14 Å². The smallest absolute Gasteiger partial charge is 0.126 e. The summed E-state index contributed by atoms with van der Waals surface area (Å²) in [6.07, 6.45) is 7.78. The van der Waals surface area contributed by atoms with Gasteiger partial charge in [-0.2, -0.15) is 7.14 Å². The second-order valence-electron chi connectivity index (χ2n) is 3.26. The lowest BCUT2D eigenvalue weighted by molar-refractivity contribution is 0.511. The van der Waals surface area contributed by atoms with Crippen molar-refractivity contribution in [2.75, 3.05) is 13.3 Å². The summed E-state index contributed by atoms with van der Waals surface area (Å²) in [7, 11) is 0.432. The van der Waals surface area contributed by atoms with Gasteiger partial charge in [-0.15, -0.1) is 0 Å². The predicted octanol–water partition coefficient (Wildman–Crippen LogP) is 1.88. The lowest BCUT2D eigenvalue weighted by Crippen LogP contribution is -2.15. The van der Waals surface area contributed by atoms with Gasteiger partial charge in [0.25, 0.3) is 0 Å². The summed E-state index contributed by atoms with van der Waals surface area (Å²) in [5.74, 6) is 0. The molecule has 0 saturated heterocycles. The second kappa shape index (κ2) is 3.26. The van der Waals surface area contributed by atoms with Crippen LogP contribution in [0, 0.1) is 0 Å². The molecule has 1 saturated carbocycles. The first-order chi connectivity index (χ1) is 4.61. The zero-order valence-corrected chi connectivity index (χ0v) is 7.45. The van der Waals surface area contributed by atoms with Gasteiger partial charge < -0.3 is 0 Å². The van der Waals surface area contributed by atoms with Crippen molar-refractivity contribution < 1.29 is 0 Å². The van der Waals surface area contributed by atoms with Gasteiger partial charge in [-0.05, 0) is 25.7 Å². The Morgan fingerprint density at radius 3 is 1.90 bits per heavy atom. The highest BCUT2D eigenvalue weighted by Crippen LogP contribution is 2.55. The standard InChI is InChI=1S/C8H20BP/c1-10(2,9)8-6-4-3-5-7-8/h8H,3-7H2,1-2,9H3. The molecule has 0 nitrogen and oxygen atoms in total. The van der Waals surface area contributed by atoms with Gasteiger partial charge in [-0.25, -0.2) is 0 Å². The third-order valence-corrected chi connectivity index (χ3v) is 4.28. The first kappa shape index (κ1) is 8.59. The van der Waals surface area contributed by atoms with Crippen LogP contribution in [-0.4, -0.2) is 26.6 Å². The summed E-state index contributed by atoms with van der Waals surface area (Å²) in [6, 6.07) is 0. The van der Waals surface area contributed by atoms with Crippen molar-refractivity contribution in [2.24, 2.45) is 0 Å². The Hall–Kier alpha value is 0.495. The van der Waals surface area contributed by atoms with Crippen LogP contribution in [0.5, 0.6) is 0 Å². The van der Waals surface area contributed by atoms with Gasteiger partial charge in [0, 0.05) is 19.0 Å². The molecule has 2 heteroatoms. The molecule has 1 rings (SSSR count). The normalized spacial score (nSPS) is 23.1. The molecule has 0 N–H and O–H groups in total. The predicted molar refractivity (Wildman–Crippen MR) is 55.6 cm³/mol. The first-order valence-corrected chi connectivity index (χ1v) is 6.27. The molecular formula is C8H20BP. The molecule has 1 fully saturated rings. The van der Waals surface area contributed by atoms with Crippen molar-refractivity contribution in [1.82, 2.24) is 0 Å². The van der Waals surface area contributed by atoms with E-state index in [2.05, 4.69) is 13.3 Å². The highest BCUT2D eigenvalue weighted by atomic mass is 31.2. The Morgan fingerprint density at radius 2 is 1.60 bits per heavy atom. The van der Waals surface area contributed by atoms with Crippen LogP contribution in [0.4, 0.5) is 0 Å². The molecule has 0 aromatic heterocycles. The van der Waals surface area contributed by atoms with Crippen molar-refractivity contribution in [3.63, 3.8) is 0 Å². The molecule has 0 amide bonds. The van der Waals surface area contributed by atoms with Crippen LogP contribution in [-0.2, 0) is 0 Å². The van der Waals surface area contributed by atoms with Crippen LogP contribution in [0.3, 0.4) is 0 Å². The molecule has 0 aromatic carbocycles. The van der Waals surface area contributed by atoms with E-state index in [1.54, 1.807) is 25.7 Å². The first-order valence-electron chi connectivity index (χ1n) is 3.97. The largest absolute Gasteiger partial charge is 0.161 e. The molecule has 0 unspecified atom stereocenters. The molecule has 60 valence electrons. The molecule has 1 aliphatic carbocycles. The van der Waals surface area contributed by atoms with Gasteiger partial charge in [0.1, 0.15) is 7.57 Å². The van der Waals surface area contributed by atoms with Crippen LogP contribution in [0.15, 0.2) is 0 Å². The van der Waals surface area contributed by atoms with Gasteiger partial charge in [0.2, 0.25) is 0 Å². The van der Waals surface area contributed by atoms with Crippen LogP contribution in [0.1, 0.15) is 32.1 Å². The van der Waals surface area contributed by atoms with Crippen LogP contribution in [0.25, 0.3) is 0 Å². The maximum Gasteiger partial charge on any atom is 0.126 e. The van der Waals surface area contributed by atoms with E-state index >= 15 is 0 Å². The van der Waals surface area contributed by atoms with Crippen molar-refractivity contribution in [3.05, 3.63) is 0 Å². The third kappa shape index (κ3) is 2.27. The van der Waals surface area contributed by atoms with Gasteiger partial charge in [0.05, 0.1) is 0 Å². The summed E-state index contributed by atoms with van der Waals surface area (Å²) in [4.78, 5) is 0. The maximum absolute atomic E-state index is 2.60. The Morgan fingerprint density at radius 1 is 1.10 bits per heavy atom. The van der Waals surface area contributed by atoms with Gasteiger partial charge in [-0.1, -0.05) is 6.42 Å². The molecule has 0 aliphatic heterocycles. The lowest BCUT2D eigenvalue weighted by atomic mass is 10.0. The summed E-state index contributed by atoms with van der Waals surface area (Å²) in [6.45, 7) is 5.20. The quantitative estimate of drug-likeness (QED) is 0.403. The van der Waals surface area contributed by atoms with E-state index < -0.39 is 0 Å². The fourth-order valence-corrected chi connectivity index (χ4v) is 3.00. The topological polar surface area (TPSA) is 0 Å². The van der Waals surface area contributed by atoms with E-state index in [4.69, 9.17) is 0 Å². The Kier molecular flexibility index (Phi) is 2.80. The monoisotopic (exact) mass is 158 g/mol. The van der Waals surface area contributed by atoms with E-state index in [1.165, 1.54) is 12.1 Å². The van der Waals surface area contributed by atoms with E-state index in [0.717, 1.165) is 0 Å². The Bertz CT molecular complexity index is 100. The average Bonchev–Trinajstić information content (AvgIpc) is 1.88. The highest BCUT2D eigenvalue weighted by molar-refractivity contribution is 7.96. The van der Waals surface area contributed by atoms with Gasteiger partial charge >= 0.3 is 0 Å². The molecule has 0 aromatic rings. The van der Waals surface area contributed by atoms with Gasteiger partial charge in [0.15, 0.2) is 0 Å². The van der Waals surface area contributed by atoms with Crippen molar-refractivity contribution in [1.29, 1.82) is 0 Å². The molecule has 0 atom stereocenters. The lowest BCUT2D eigenvalue weighted by Gasteiger charge is -2.33. The van der Waals surface area contributed by atoms with E-state index in [9.17, 15) is 0 Å². The third-order valence-electron chi connectivity index (χ3n) is 2.30. The molecule has 1 aliphatic rings. The Balaban J connectivity index is 2.39.